The maximum Gasteiger partial charge on any atom is 0.410 e. The molecule has 8 heterocycles. The van der Waals surface area contributed by atoms with E-state index in [4.69, 9.17) is 23.7 Å². The number of amides is 3. The minimum atomic E-state index is -0.474. The third kappa shape index (κ3) is 13.8. The lowest BCUT2D eigenvalue weighted by atomic mass is 9.85. The van der Waals surface area contributed by atoms with Gasteiger partial charge in [-0.25, -0.2) is 14.4 Å². The number of piperidine rings is 3. The number of nitrogens with zero attached hydrogens (tertiary/aromatic N) is 6. The van der Waals surface area contributed by atoms with Crippen LogP contribution in [0.25, 0.3) is 17.1 Å². The zero-order chi connectivity index (χ0) is 57.1. The molecule has 11 rings (SSSR count). The van der Waals surface area contributed by atoms with E-state index in [0.717, 1.165) is 54.2 Å². The monoisotopic (exact) mass is 1080 g/mol. The van der Waals surface area contributed by atoms with Crippen LogP contribution in [0.15, 0.2) is 116 Å². The Morgan fingerprint density at radius 3 is 1.44 bits per heavy atom. The van der Waals surface area contributed by atoms with Gasteiger partial charge in [0.2, 0.25) is 0 Å². The number of aromatic nitrogens is 3. The second kappa shape index (κ2) is 23.0. The van der Waals surface area contributed by atoms with Crippen molar-refractivity contribution in [3.05, 3.63) is 144 Å². The van der Waals surface area contributed by atoms with Gasteiger partial charge >= 0.3 is 18.3 Å². The van der Waals surface area contributed by atoms with Gasteiger partial charge in [0.25, 0.3) is 0 Å². The van der Waals surface area contributed by atoms with Crippen molar-refractivity contribution in [2.75, 3.05) is 39.3 Å². The van der Waals surface area contributed by atoms with E-state index in [0.29, 0.717) is 57.9 Å². The minimum Gasteiger partial charge on any atom is -0.506 e. The number of ketones is 1. The SMILES string of the molecule is CC(C)(C)OC(=O)N1CCC(=O)CC1.Cc1cc2n(c1)-c1ccccc1OC21CCN(C(=O)OC(C)(C)C)CC1.Cc1ccn(-c2ccccc2O)c1.Cc1ccn2c1C1(CCN(C(=O)OC(C)(C)C)CC1)Oc1ccccc1-2. The fourth-order valence-electron chi connectivity index (χ4n) is 10.5. The van der Waals surface area contributed by atoms with E-state index in [1.165, 1.54) is 28.1 Å². The number of para-hydroxylation sites is 6. The van der Waals surface area contributed by atoms with Crippen molar-refractivity contribution < 1.29 is 48.0 Å². The number of Topliss-reactive ketones (excluding diaryl/α,β-unsaturated/α-hetero) is 1. The van der Waals surface area contributed by atoms with Crippen LogP contribution in [0.5, 0.6) is 17.2 Å². The first-order chi connectivity index (χ1) is 37.2. The molecule has 3 aromatic heterocycles. The first kappa shape index (κ1) is 57.6. The number of hydrogen-bond donors (Lipinski definition) is 1. The Morgan fingerprint density at radius 1 is 0.519 bits per heavy atom. The highest BCUT2D eigenvalue weighted by molar-refractivity contribution is 5.81. The summed E-state index contributed by atoms with van der Waals surface area (Å²) in [6.45, 7) is 26.6. The fourth-order valence-corrected chi connectivity index (χ4v) is 10.5. The summed E-state index contributed by atoms with van der Waals surface area (Å²) in [5.41, 5.74) is 6.80. The highest BCUT2D eigenvalue weighted by atomic mass is 16.6. The number of phenols is 1. The third-order valence-corrected chi connectivity index (χ3v) is 14.2. The van der Waals surface area contributed by atoms with E-state index in [-0.39, 0.29) is 35.3 Å². The number of phenolic OH excluding ortho intramolecular Hbond substituents is 1. The summed E-state index contributed by atoms with van der Waals surface area (Å²) in [5, 5.41) is 9.55. The topological polar surface area (TPSA) is 159 Å². The molecule has 0 aliphatic carbocycles. The first-order valence-electron chi connectivity index (χ1n) is 27.6. The molecule has 1 N–H and O–H groups in total. The van der Waals surface area contributed by atoms with E-state index < -0.39 is 16.8 Å². The molecule has 2 spiro atoms. The smallest absolute Gasteiger partial charge is 0.410 e. The van der Waals surface area contributed by atoms with Gasteiger partial charge in [-0.1, -0.05) is 36.4 Å². The Labute approximate surface area is 465 Å². The standard InChI is InChI=1S/2C21H26N2O3.C11H11NO.C10H17NO3/c1-15-9-12-23-16-7-5-6-8-17(16)25-21(18(15)23)10-13-22(14-11-21)19(24)26-20(2,3)4;1-15-13-18-21(25-17-8-6-5-7-16(17)23(18)14-15)9-11-22(12-10-21)19(24)26-20(2,3)4;1-9-6-7-12(8-9)10-4-2-3-5-11(10)13;1-10(2,3)14-9(13)11-6-4-8(12)5-7-11/h5-9,12H,10-11,13-14H2,1-4H3;5-8,13-14H,9-12H2,1-4H3;2-8,13H,1H3;4-7H2,1-3H3. The summed E-state index contributed by atoms with van der Waals surface area (Å²) < 4.78 is 35.7. The average molecular weight is 1080 g/mol. The summed E-state index contributed by atoms with van der Waals surface area (Å²) in [6.07, 6.45) is 11.3. The number of benzene rings is 3. The maximum absolute atomic E-state index is 12.4. The zero-order valence-electron chi connectivity index (χ0n) is 48.3. The van der Waals surface area contributed by atoms with Gasteiger partial charge in [0.05, 0.1) is 28.5 Å². The summed E-state index contributed by atoms with van der Waals surface area (Å²) in [5.74, 6) is 2.34. The van der Waals surface area contributed by atoms with Crippen molar-refractivity contribution in [1.29, 1.82) is 0 Å². The summed E-state index contributed by atoms with van der Waals surface area (Å²) >= 11 is 0. The minimum absolute atomic E-state index is 0.227. The van der Waals surface area contributed by atoms with Gasteiger partial charge in [0.15, 0.2) is 11.2 Å². The summed E-state index contributed by atoms with van der Waals surface area (Å²) in [4.78, 5) is 52.4. The van der Waals surface area contributed by atoms with E-state index in [9.17, 15) is 24.3 Å². The molecule has 6 aromatic rings. The normalized spacial score (nSPS) is 16.8. The highest BCUT2D eigenvalue weighted by Gasteiger charge is 2.47. The van der Waals surface area contributed by atoms with Gasteiger partial charge in [0.1, 0.15) is 39.8 Å². The molecular formula is C63H80N6O10. The molecule has 0 radical (unpaired) electrons. The van der Waals surface area contributed by atoms with Crippen LogP contribution in [0.2, 0.25) is 0 Å². The van der Waals surface area contributed by atoms with Crippen LogP contribution in [-0.2, 0) is 30.2 Å². The van der Waals surface area contributed by atoms with Crippen LogP contribution in [0.1, 0.15) is 129 Å². The number of carbonyl (C=O) groups excluding carboxylic acids is 4. The molecule has 0 bridgehead atoms. The molecule has 0 unspecified atom stereocenters. The summed E-state index contributed by atoms with van der Waals surface area (Å²) in [6, 6.07) is 29.9. The van der Waals surface area contributed by atoms with E-state index in [2.05, 4.69) is 59.6 Å². The second-order valence-electron chi connectivity index (χ2n) is 24.1. The Kier molecular flexibility index (Phi) is 16.8. The molecule has 0 saturated carbocycles. The third-order valence-electron chi connectivity index (χ3n) is 14.2. The molecule has 3 amide bonds. The number of likely N-dealkylation sites (tertiary alicyclic amines) is 3. The van der Waals surface area contributed by atoms with Crippen molar-refractivity contribution in [2.24, 2.45) is 0 Å². The number of aromatic hydroxyl groups is 1. The van der Waals surface area contributed by atoms with Crippen LogP contribution >= 0.6 is 0 Å². The van der Waals surface area contributed by atoms with E-state index in [1.54, 1.807) is 20.8 Å². The molecule has 3 fully saturated rings. The molecule has 16 nitrogen and oxygen atoms in total. The molecule has 5 aliphatic rings. The molecule has 3 saturated heterocycles. The van der Waals surface area contributed by atoms with Crippen LogP contribution in [0.3, 0.4) is 0 Å². The van der Waals surface area contributed by atoms with Crippen LogP contribution in [-0.4, -0.2) is 114 Å². The Morgan fingerprint density at radius 2 is 0.962 bits per heavy atom. The molecule has 3 aromatic carbocycles. The fraction of sp³-hybridized carbons (Fsp3) is 0.460. The van der Waals surface area contributed by atoms with Crippen LogP contribution < -0.4 is 9.47 Å². The van der Waals surface area contributed by atoms with Gasteiger partial charge in [-0.2, -0.15) is 0 Å². The molecule has 422 valence electrons. The number of fused-ring (bicyclic) bond motifs is 8. The molecule has 79 heavy (non-hydrogen) atoms. The largest absolute Gasteiger partial charge is 0.506 e. The summed E-state index contributed by atoms with van der Waals surface area (Å²) in [7, 11) is 0. The Bertz CT molecular complexity index is 3080. The van der Waals surface area contributed by atoms with Crippen LogP contribution in [0, 0.1) is 20.8 Å². The van der Waals surface area contributed by atoms with Crippen molar-refractivity contribution in [1.82, 2.24) is 28.4 Å². The number of hydrogen-bond acceptors (Lipinski definition) is 10. The van der Waals surface area contributed by atoms with E-state index in [1.807, 2.05) is 147 Å². The van der Waals surface area contributed by atoms with E-state index >= 15 is 0 Å². The van der Waals surface area contributed by atoms with Gasteiger partial charge in [-0.05, 0) is 154 Å². The number of ether oxygens (including phenoxy) is 5. The lowest BCUT2D eigenvalue weighted by Gasteiger charge is -2.45. The molecular weight excluding hydrogens is 1000 g/mol. The van der Waals surface area contributed by atoms with Gasteiger partial charge in [0, 0.05) is 103 Å². The number of carbonyl (C=O) groups is 4. The highest BCUT2D eigenvalue weighted by Crippen LogP contribution is 2.48. The average Bonchev–Trinajstić information content (AvgIpc) is 4.37. The first-order valence-corrected chi connectivity index (χ1v) is 27.6. The molecule has 16 heteroatoms. The molecule has 0 atom stereocenters. The van der Waals surface area contributed by atoms with Gasteiger partial charge < -0.3 is 57.2 Å². The van der Waals surface area contributed by atoms with Gasteiger partial charge in [-0.15, -0.1) is 0 Å². The lowest BCUT2D eigenvalue weighted by molar-refractivity contribution is -0.121. The van der Waals surface area contributed by atoms with Crippen LogP contribution in [0.4, 0.5) is 14.4 Å². The lowest BCUT2D eigenvalue weighted by Crippen LogP contribution is -2.51. The Balaban J connectivity index is 0.000000145. The quantitative estimate of drug-likeness (QED) is 0.157. The van der Waals surface area contributed by atoms with Crippen molar-refractivity contribution >= 4 is 24.1 Å². The molecule has 5 aliphatic heterocycles. The zero-order valence-corrected chi connectivity index (χ0v) is 48.3. The maximum atomic E-state index is 12.4. The van der Waals surface area contributed by atoms with Gasteiger partial charge in [-0.3, -0.25) is 4.79 Å². The predicted molar refractivity (Wildman–Crippen MR) is 304 cm³/mol. The Hall–Kier alpha value is -7.62. The second-order valence-corrected chi connectivity index (χ2v) is 24.1. The van der Waals surface area contributed by atoms with Crippen molar-refractivity contribution in [3.63, 3.8) is 0 Å². The predicted octanol–water partition coefficient (Wildman–Crippen LogP) is 12.9. The van der Waals surface area contributed by atoms with Crippen molar-refractivity contribution in [3.8, 4) is 34.3 Å². The number of aryl methyl sites for hydroxylation is 3. The van der Waals surface area contributed by atoms with Crippen molar-refractivity contribution in [2.45, 2.75) is 150 Å². The number of rotatable bonds is 1.